The summed E-state index contributed by atoms with van der Waals surface area (Å²) in [5.74, 6) is 0.285. The minimum atomic E-state index is -3.71. The van der Waals surface area contributed by atoms with Crippen molar-refractivity contribution in [3.8, 4) is 0 Å². The molecule has 0 saturated heterocycles. The van der Waals surface area contributed by atoms with Gasteiger partial charge in [0.2, 0.25) is 10.0 Å². The lowest BCUT2D eigenvalue weighted by Gasteiger charge is -2.15. The van der Waals surface area contributed by atoms with Gasteiger partial charge in [0.05, 0.1) is 11.6 Å². The zero-order chi connectivity index (χ0) is 15.3. The van der Waals surface area contributed by atoms with Crippen molar-refractivity contribution in [2.45, 2.75) is 38.2 Å². The predicted octanol–water partition coefficient (Wildman–Crippen LogP) is 3.20. The topological polar surface area (TPSA) is 66.4 Å². The molecule has 20 heavy (non-hydrogen) atoms. The van der Waals surface area contributed by atoms with E-state index in [1.165, 1.54) is 12.1 Å². The van der Waals surface area contributed by atoms with Gasteiger partial charge in [-0.1, -0.05) is 49.9 Å². The van der Waals surface area contributed by atoms with Crippen LogP contribution < -0.4 is 4.72 Å². The Morgan fingerprint density at radius 2 is 1.85 bits per heavy atom. The smallest absolute Gasteiger partial charge is 0.242 e. The van der Waals surface area contributed by atoms with Crippen LogP contribution in [0.3, 0.4) is 0 Å². The van der Waals surface area contributed by atoms with Gasteiger partial charge in [0.15, 0.2) is 0 Å². The van der Waals surface area contributed by atoms with E-state index in [0.29, 0.717) is 6.54 Å². The lowest BCUT2D eigenvalue weighted by molar-refractivity contribution is 0.281. The summed E-state index contributed by atoms with van der Waals surface area (Å²) in [6.45, 7) is 3.99. The van der Waals surface area contributed by atoms with Crippen LogP contribution in [0.15, 0.2) is 17.0 Å². The van der Waals surface area contributed by atoms with Gasteiger partial charge in [-0.05, 0) is 18.1 Å². The monoisotopic (exact) mass is 339 g/mol. The van der Waals surface area contributed by atoms with E-state index in [2.05, 4.69) is 4.72 Å². The van der Waals surface area contributed by atoms with Crippen LogP contribution in [0.1, 0.15) is 32.3 Å². The number of benzene rings is 1. The third kappa shape index (κ3) is 4.09. The first-order valence-electron chi connectivity index (χ1n) is 6.44. The molecule has 1 aromatic carbocycles. The molecule has 0 atom stereocenters. The van der Waals surface area contributed by atoms with Crippen LogP contribution in [0.5, 0.6) is 0 Å². The highest BCUT2D eigenvalue weighted by molar-refractivity contribution is 7.89. The molecule has 0 fully saturated rings. The van der Waals surface area contributed by atoms with Crippen molar-refractivity contribution in [2.24, 2.45) is 5.92 Å². The first-order chi connectivity index (χ1) is 9.37. The highest BCUT2D eigenvalue weighted by Gasteiger charge is 2.22. The van der Waals surface area contributed by atoms with Crippen LogP contribution >= 0.6 is 23.2 Å². The van der Waals surface area contributed by atoms with Gasteiger partial charge in [0, 0.05) is 17.1 Å². The lowest BCUT2D eigenvalue weighted by atomic mass is 10.0. The first kappa shape index (κ1) is 17.7. The largest absolute Gasteiger partial charge is 0.392 e. The fourth-order valence-corrected chi connectivity index (χ4v) is 3.82. The van der Waals surface area contributed by atoms with E-state index in [9.17, 15) is 13.5 Å². The second-order valence-electron chi connectivity index (χ2n) is 4.53. The lowest BCUT2D eigenvalue weighted by Crippen LogP contribution is -2.29. The number of sulfonamides is 1. The molecule has 0 radical (unpaired) electrons. The van der Waals surface area contributed by atoms with Crippen LogP contribution in [-0.2, 0) is 16.6 Å². The number of nitrogens with one attached hydrogen (secondary N) is 1. The minimum absolute atomic E-state index is 0.0305. The number of halogens is 2. The van der Waals surface area contributed by atoms with Gasteiger partial charge in [-0.25, -0.2) is 13.1 Å². The van der Waals surface area contributed by atoms with E-state index < -0.39 is 16.6 Å². The molecule has 0 aromatic heterocycles. The van der Waals surface area contributed by atoms with E-state index >= 15 is 0 Å². The summed E-state index contributed by atoms with van der Waals surface area (Å²) in [5, 5.41) is 9.42. The molecule has 0 amide bonds. The van der Waals surface area contributed by atoms with Gasteiger partial charge in [-0.2, -0.15) is 0 Å². The van der Waals surface area contributed by atoms with Crippen molar-refractivity contribution in [2.75, 3.05) is 6.54 Å². The molecule has 2 N–H and O–H groups in total. The van der Waals surface area contributed by atoms with E-state index in [1.807, 2.05) is 13.8 Å². The highest BCUT2D eigenvalue weighted by atomic mass is 35.5. The average Bonchev–Trinajstić information content (AvgIpc) is 2.40. The van der Waals surface area contributed by atoms with E-state index in [1.54, 1.807) is 0 Å². The normalized spacial score (nSPS) is 12.1. The maximum Gasteiger partial charge on any atom is 0.242 e. The summed E-state index contributed by atoms with van der Waals surface area (Å²) in [7, 11) is -3.71. The summed E-state index contributed by atoms with van der Waals surface area (Å²) in [4.78, 5) is -0.0569. The third-order valence-electron chi connectivity index (χ3n) is 3.31. The number of hydrogen-bond acceptors (Lipinski definition) is 3. The Morgan fingerprint density at radius 1 is 1.25 bits per heavy atom. The van der Waals surface area contributed by atoms with Gasteiger partial charge >= 0.3 is 0 Å². The Balaban J connectivity index is 3.04. The van der Waals surface area contributed by atoms with E-state index in [4.69, 9.17) is 23.2 Å². The molecule has 4 nitrogen and oxygen atoms in total. The van der Waals surface area contributed by atoms with Crippen molar-refractivity contribution in [1.29, 1.82) is 0 Å². The van der Waals surface area contributed by atoms with Crippen LogP contribution in [-0.4, -0.2) is 20.1 Å². The summed E-state index contributed by atoms with van der Waals surface area (Å²) in [5.41, 5.74) is 0.221. The molecule has 0 aliphatic carbocycles. The van der Waals surface area contributed by atoms with Crippen molar-refractivity contribution < 1.29 is 13.5 Å². The van der Waals surface area contributed by atoms with E-state index in [-0.39, 0.29) is 26.4 Å². The molecule has 114 valence electrons. The maximum absolute atomic E-state index is 12.2. The number of hydrogen-bond donors (Lipinski definition) is 2. The second-order valence-corrected chi connectivity index (χ2v) is 7.05. The molecule has 7 heteroatoms. The van der Waals surface area contributed by atoms with Crippen molar-refractivity contribution >= 4 is 33.2 Å². The zero-order valence-corrected chi connectivity index (χ0v) is 13.8. The fourth-order valence-electron chi connectivity index (χ4n) is 1.81. The van der Waals surface area contributed by atoms with Crippen molar-refractivity contribution in [3.63, 3.8) is 0 Å². The Kier molecular flexibility index (Phi) is 6.75. The van der Waals surface area contributed by atoms with Crippen molar-refractivity contribution in [1.82, 2.24) is 4.72 Å². The zero-order valence-electron chi connectivity index (χ0n) is 11.5. The molecule has 0 spiro atoms. The molecule has 1 rings (SSSR count). The van der Waals surface area contributed by atoms with Crippen LogP contribution in [0, 0.1) is 5.92 Å². The maximum atomic E-state index is 12.2. The molecule has 0 bridgehead atoms. The summed E-state index contributed by atoms with van der Waals surface area (Å²) >= 11 is 11.9. The molecule has 0 unspecified atom stereocenters. The van der Waals surface area contributed by atoms with Crippen LogP contribution in [0.2, 0.25) is 10.0 Å². The number of aliphatic hydroxyl groups is 1. The number of aliphatic hydroxyl groups excluding tert-OH is 1. The molecule has 0 saturated carbocycles. The summed E-state index contributed by atoms with van der Waals surface area (Å²) in [6, 6.07) is 2.77. The van der Waals surface area contributed by atoms with Gasteiger partial charge in [-0.15, -0.1) is 0 Å². The summed E-state index contributed by atoms with van der Waals surface area (Å²) in [6.07, 6.45) is 1.80. The Bertz CT molecular complexity index is 557. The molecule has 1 aromatic rings. The first-order valence-corrected chi connectivity index (χ1v) is 8.68. The Hall–Kier alpha value is -0.330. The van der Waals surface area contributed by atoms with Crippen molar-refractivity contribution in [3.05, 3.63) is 27.7 Å². The minimum Gasteiger partial charge on any atom is -0.392 e. The van der Waals surface area contributed by atoms with Gasteiger partial charge in [-0.3, -0.25) is 0 Å². The SMILES string of the molecule is CCC(CC)CNS(=O)(=O)c1ccc(Cl)c(CO)c1Cl. The average molecular weight is 340 g/mol. The molecular weight excluding hydrogens is 321 g/mol. The third-order valence-corrected chi connectivity index (χ3v) is 5.68. The molecule has 0 aliphatic rings. The number of rotatable bonds is 7. The van der Waals surface area contributed by atoms with Gasteiger partial charge in [0.25, 0.3) is 0 Å². The summed E-state index contributed by atoms with van der Waals surface area (Å²) < 4.78 is 27.0. The molecule has 0 aliphatic heterocycles. The Labute approximate surface area is 130 Å². The molecule has 0 heterocycles. The predicted molar refractivity (Wildman–Crippen MR) is 81.6 cm³/mol. The van der Waals surface area contributed by atoms with Crippen LogP contribution in [0.4, 0.5) is 0 Å². The standard InChI is InChI=1S/C13H19Cl2NO3S/c1-3-9(4-2)7-16-20(18,19)12-6-5-11(14)10(8-17)13(12)15/h5-6,9,16-17H,3-4,7-8H2,1-2H3. The van der Waals surface area contributed by atoms with E-state index in [0.717, 1.165) is 12.8 Å². The van der Waals surface area contributed by atoms with Crippen LogP contribution in [0.25, 0.3) is 0 Å². The van der Waals surface area contributed by atoms with Gasteiger partial charge in [0.1, 0.15) is 4.90 Å². The quantitative estimate of drug-likeness (QED) is 0.801. The Morgan fingerprint density at radius 3 is 2.35 bits per heavy atom. The van der Waals surface area contributed by atoms with Gasteiger partial charge < -0.3 is 5.11 Å². The fraction of sp³-hybridized carbons (Fsp3) is 0.538. The second kappa shape index (κ2) is 7.61. The highest BCUT2D eigenvalue weighted by Crippen LogP contribution is 2.31. The molecular formula is C13H19Cl2NO3S.